The number of halogens is 1. The van der Waals surface area contributed by atoms with Crippen molar-refractivity contribution in [3.8, 4) is 5.69 Å². The molecule has 1 aliphatic heterocycles. The van der Waals surface area contributed by atoms with E-state index in [2.05, 4.69) is 63.2 Å². The van der Waals surface area contributed by atoms with Crippen LogP contribution in [0.2, 0.25) is 5.02 Å². The highest BCUT2D eigenvalue weighted by molar-refractivity contribution is 7.80. The Morgan fingerprint density at radius 1 is 1.17 bits per heavy atom. The van der Waals surface area contributed by atoms with Crippen molar-refractivity contribution < 1.29 is 0 Å². The van der Waals surface area contributed by atoms with Gasteiger partial charge in [-0.15, -0.1) is 0 Å². The highest BCUT2D eigenvalue weighted by Crippen LogP contribution is 2.39. The highest BCUT2D eigenvalue weighted by Gasteiger charge is 2.40. The average molecular weight is 425 g/mol. The van der Waals surface area contributed by atoms with Gasteiger partial charge in [0.1, 0.15) is 0 Å². The van der Waals surface area contributed by atoms with E-state index in [-0.39, 0.29) is 12.1 Å². The number of rotatable bonds is 6. The number of nitrogens with zero attached hydrogens (tertiary/aromatic N) is 3. The van der Waals surface area contributed by atoms with Crippen LogP contribution in [0.3, 0.4) is 0 Å². The normalized spacial score (nSPS) is 18.9. The minimum atomic E-state index is 0.00241. The number of nitrogens with one attached hydrogen (secondary N) is 1. The van der Waals surface area contributed by atoms with Crippen LogP contribution in [0.5, 0.6) is 0 Å². The van der Waals surface area contributed by atoms with Crippen molar-refractivity contribution in [2.75, 3.05) is 6.54 Å². The molecule has 1 aliphatic rings. The zero-order valence-corrected chi connectivity index (χ0v) is 18.2. The second-order valence-electron chi connectivity index (χ2n) is 7.41. The van der Waals surface area contributed by atoms with Crippen molar-refractivity contribution in [3.05, 3.63) is 82.9 Å². The summed E-state index contributed by atoms with van der Waals surface area (Å²) in [4.78, 5) is 6.93. The van der Waals surface area contributed by atoms with Crippen molar-refractivity contribution in [2.24, 2.45) is 0 Å². The van der Waals surface area contributed by atoms with Crippen molar-refractivity contribution in [3.63, 3.8) is 0 Å². The standard InChI is InChI=1S/C23H25ClN4S/c1-3-4-13-28-22(21(26-23(28)29)19-8-5-6-12-25-19)20-9-7-14-27(20)17-10-11-18(24)16(2)15-17/h5-12,14-15,21-22H,3-4,13H2,1-2H3,(H,26,29)/t21-,22-/m1/s1. The fourth-order valence-electron chi connectivity index (χ4n) is 3.95. The van der Waals surface area contributed by atoms with Crippen LogP contribution < -0.4 is 5.32 Å². The number of hydrogen-bond donors (Lipinski definition) is 1. The molecule has 2 atom stereocenters. The van der Waals surface area contributed by atoms with Crippen molar-refractivity contribution >= 4 is 28.9 Å². The second-order valence-corrected chi connectivity index (χ2v) is 8.20. The lowest BCUT2D eigenvalue weighted by Gasteiger charge is -2.29. The molecule has 1 aromatic carbocycles. The van der Waals surface area contributed by atoms with Crippen molar-refractivity contribution in [1.29, 1.82) is 0 Å². The van der Waals surface area contributed by atoms with Gasteiger partial charge in [-0.3, -0.25) is 4.98 Å². The van der Waals surface area contributed by atoms with E-state index in [1.54, 1.807) is 0 Å². The van der Waals surface area contributed by atoms with E-state index in [0.29, 0.717) is 0 Å². The summed E-state index contributed by atoms with van der Waals surface area (Å²) in [6.45, 7) is 5.16. The van der Waals surface area contributed by atoms with Gasteiger partial charge in [0.2, 0.25) is 0 Å². The summed E-state index contributed by atoms with van der Waals surface area (Å²) in [6, 6.07) is 16.5. The number of aryl methyl sites for hydroxylation is 1. The first-order valence-electron chi connectivity index (χ1n) is 10.0. The molecule has 1 N–H and O–H groups in total. The Labute approximate surface area is 182 Å². The lowest BCUT2D eigenvalue weighted by Crippen LogP contribution is -2.31. The van der Waals surface area contributed by atoms with Gasteiger partial charge in [0.25, 0.3) is 0 Å². The van der Waals surface area contributed by atoms with Gasteiger partial charge in [-0.25, -0.2) is 0 Å². The minimum Gasteiger partial charge on any atom is -0.352 e. The van der Waals surface area contributed by atoms with Gasteiger partial charge < -0.3 is 14.8 Å². The molecule has 6 heteroatoms. The fourth-order valence-corrected chi connectivity index (χ4v) is 4.39. The van der Waals surface area contributed by atoms with Crippen LogP contribution in [0.1, 0.15) is 48.8 Å². The van der Waals surface area contributed by atoms with E-state index in [1.165, 1.54) is 5.69 Å². The molecule has 0 bridgehead atoms. The summed E-state index contributed by atoms with van der Waals surface area (Å²) < 4.78 is 2.23. The van der Waals surface area contributed by atoms with Gasteiger partial charge in [0.05, 0.1) is 17.8 Å². The van der Waals surface area contributed by atoms with Crippen LogP contribution in [-0.4, -0.2) is 26.1 Å². The van der Waals surface area contributed by atoms with E-state index < -0.39 is 0 Å². The van der Waals surface area contributed by atoms with Crippen LogP contribution in [0.25, 0.3) is 5.69 Å². The van der Waals surface area contributed by atoms with Gasteiger partial charge in [-0.1, -0.05) is 31.0 Å². The lowest BCUT2D eigenvalue weighted by molar-refractivity contribution is 0.304. The molecular formula is C23H25ClN4S. The number of thiocarbonyl (C=S) groups is 1. The molecule has 29 heavy (non-hydrogen) atoms. The van der Waals surface area contributed by atoms with E-state index >= 15 is 0 Å². The molecule has 0 unspecified atom stereocenters. The van der Waals surface area contributed by atoms with Crippen molar-refractivity contribution in [2.45, 2.75) is 38.8 Å². The first-order chi connectivity index (χ1) is 14.1. The molecule has 2 aromatic heterocycles. The fraction of sp³-hybridized carbons (Fsp3) is 0.304. The summed E-state index contributed by atoms with van der Waals surface area (Å²) in [5.74, 6) is 0. The minimum absolute atomic E-state index is 0.00241. The molecule has 0 saturated carbocycles. The van der Waals surface area contributed by atoms with Gasteiger partial charge in [0.15, 0.2) is 5.11 Å². The summed E-state index contributed by atoms with van der Waals surface area (Å²) in [5, 5.41) is 5.10. The summed E-state index contributed by atoms with van der Waals surface area (Å²) in [5.41, 5.74) is 4.35. The zero-order chi connectivity index (χ0) is 20.4. The highest BCUT2D eigenvalue weighted by atomic mass is 35.5. The lowest BCUT2D eigenvalue weighted by atomic mass is 10.0. The summed E-state index contributed by atoms with van der Waals surface area (Å²) in [7, 11) is 0. The van der Waals surface area contributed by atoms with E-state index in [1.807, 2.05) is 31.3 Å². The maximum atomic E-state index is 6.26. The molecule has 0 amide bonds. The Morgan fingerprint density at radius 2 is 2.03 bits per heavy atom. The SMILES string of the molecule is CCCCN1C(=S)N[C@H](c2ccccn2)[C@H]1c1cccn1-c1ccc(Cl)c(C)c1. The molecule has 1 saturated heterocycles. The third-order valence-corrected chi connectivity index (χ3v) is 6.23. The average Bonchev–Trinajstić information content (AvgIpc) is 3.33. The smallest absolute Gasteiger partial charge is 0.170 e. The Hall–Kier alpha value is -2.37. The Kier molecular flexibility index (Phi) is 5.88. The van der Waals surface area contributed by atoms with Crippen molar-refractivity contribution in [1.82, 2.24) is 19.8 Å². The zero-order valence-electron chi connectivity index (χ0n) is 16.7. The van der Waals surface area contributed by atoms with Gasteiger partial charge >= 0.3 is 0 Å². The third kappa shape index (κ3) is 3.89. The van der Waals surface area contributed by atoms with Crippen LogP contribution in [0.15, 0.2) is 60.9 Å². The molecule has 3 heterocycles. The molecule has 4 rings (SSSR count). The monoisotopic (exact) mass is 424 g/mol. The van der Waals surface area contributed by atoms with Gasteiger partial charge in [-0.2, -0.15) is 0 Å². The molecule has 150 valence electrons. The Bertz CT molecular complexity index is 1000. The molecule has 0 radical (unpaired) electrons. The maximum absolute atomic E-state index is 6.26. The quantitative estimate of drug-likeness (QED) is 0.521. The Balaban J connectivity index is 1.79. The first-order valence-corrected chi connectivity index (χ1v) is 10.8. The number of hydrogen-bond acceptors (Lipinski definition) is 2. The first kappa shape index (κ1) is 19.9. The topological polar surface area (TPSA) is 33.1 Å². The summed E-state index contributed by atoms with van der Waals surface area (Å²) in [6.07, 6.45) is 6.16. The molecule has 0 aliphatic carbocycles. The van der Waals surface area contributed by atoms with E-state index in [0.717, 1.165) is 46.5 Å². The van der Waals surface area contributed by atoms with Crippen LogP contribution >= 0.6 is 23.8 Å². The van der Waals surface area contributed by atoms with Gasteiger partial charge in [0, 0.05) is 35.3 Å². The predicted octanol–water partition coefficient (Wildman–Crippen LogP) is 5.61. The second kappa shape index (κ2) is 8.56. The van der Waals surface area contributed by atoms with Gasteiger partial charge in [-0.05, 0) is 73.6 Å². The Morgan fingerprint density at radius 3 is 2.76 bits per heavy atom. The molecule has 0 spiro atoms. The molecule has 4 nitrogen and oxygen atoms in total. The van der Waals surface area contributed by atoms with E-state index in [9.17, 15) is 0 Å². The molecule has 1 fully saturated rings. The number of benzene rings is 1. The number of unbranched alkanes of at least 4 members (excludes halogenated alkanes) is 1. The largest absolute Gasteiger partial charge is 0.352 e. The summed E-state index contributed by atoms with van der Waals surface area (Å²) >= 11 is 12.0. The number of pyridine rings is 1. The van der Waals surface area contributed by atoms with Crippen LogP contribution in [0.4, 0.5) is 0 Å². The maximum Gasteiger partial charge on any atom is 0.170 e. The third-order valence-electron chi connectivity index (χ3n) is 5.45. The molecular weight excluding hydrogens is 400 g/mol. The molecule has 3 aromatic rings. The number of aromatic nitrogens is 2. The predicted molar refractivity (Wildman–Crippen MR) is 123 cm³/mol. The van der Waals surface area contributed by atoms with Crippen LogP contribution in [0, 0.1) is 6.92 Å². The van der Waals surface area contributed by atoms with E-state index in [4.69, 9.17) is 23.8 Å². The van der Waals surface area contributed by atoms with Crippen LogP contribution in [-0.2, 0) is 0 Å².